The van der Waals surface area contributed by atoms with E-state index in [1.54, 1.807) is 29.7 Å². The zero-order valence-corrected chi connectivity index (χ0v) is 20.9. The standard InChI is InChI=1S/C25H26F3N7O.ClH/c1-33-8-3-6-21(15-33)35-14-19(12-31-35)17-7-9-34-22(13-29-23(34)11-17)18-4-2-5-20(10-18)32-24(36)30-16-25(26,27)28;/h2,4-5,7,9-14,21H,3,6,8,15-16H2,1H3,(H2,30,32,36);1H. The second-order valence-corrected chi connectivity index (χ2v) is 9.06. The Bertz CT molecular complexity index is 1380. The zero-order chi connectivity index (χ0) is 25.3. The van der Waals surface area contributed by atoms with Crippen LogP contribution in [0.5, 0.6) is 0 Å². The van der Waals surface area contributed by atoms with Gasteiger partial charge >= 0.3 is 12.2 Å². The Kier molecular flexibility index (Phi) is 7.74. The van der Waals surface area contributed by atoms with Crippen molar-refractivity contribution in [1.82, 2.24) is 29.4 Å². The maximum atomic E-state index is 12.3. The van der Waals surface area contributed by atoms with Gasteiger partial charge in [-0.2, -0.15) is 18.3 Å². The SMILES string of the molecule is CN1CCCC(n2cc(-c3ccn4c(-c5cccc(NC(=O)NCC(F)(F)F)c5)cnc4c3)cn2)C1.Cl. The van der Waals surface area contributed by atoms with Gasteiger partial charge in [-0.3, -0.25) is 9.08 Å². The molecule has 0 radical (unpaired) electrons. The lowest BCUT2D eigenvalue weighted by Gasteiger charge is -2.29. The van der Waals surface area contributed by atoms with Crippen molar-refractivity contribution >= 4 is 29.8 Å². The molecule has 8 nitrogen and oxygen atoms in total. The van der Waals surface area contributed by atoms with Crippen LogP contribution in [0.15, 0.2) is 61.2 Å². The smallest absolute Gasteiger partial charge is 0.329 e. The minimum atomic E-state index is -4.47. The maximum Gasteiger partial charge on any atom is 0.405 e. The number of fused-ring (bicyclic) bond motifs is 1. The van der Waals surface area contributed by atoms with Crippen molar-refractivity contribution in [2.45, 2.75) is 25.1 Å². The average molecular weight is 534 g/mol. The van der Waals surface area contributed by atoms with E-state index in [9.17, 15) is 18.0 Å². The Labute approximate surface area is 217 Å². The average Bonchev–Trinajstić information content (AvgIpc) is 3.50. The number of benzene rings is 1. The molecule has 2 N–H and O–H groups in total. The van der Waals surface area contributed by atoms with Crippen LogP contribution in [0.25, 0.3) is 28.0 Å². The van der Waals surface area contributed by atoms with Crippen molar-refractivity contribution in [1.29, 1.82) is 0 Å². The minimum absolute atomic E-state index is 0. The Morgan fingerprint density at radius 1 is 1.14 bits per heavy atom. The van der Waals surface area contributed by atoms with Gasteiger partial charge in [0.1, 0.15) is 12.2 Å². The molecule has 1 fully saturated rings. The molecular weight excluding hydrogens is 507 g/mol. The van der Waals surface area contributed by atoms with Gasteiger partial charge in [0.25, 0.3) is 0 Å². The van der Waals surface area contributed by atoms with Gasteiger partial charge in [0, 0.05) is 35.8 Å². The Hall–Kier alpha value is -3.57. The molecule has 1 unspecified atom stereocenters. The first-order chi connectivity index (χ1) is 17.2. The molecule has 12 heteroatoms. The van der Waals surface area contributed by atoms with Gasteiger partial charge < -0.3 is 15.5 Å². The number of hydrogen-bond acceptors (Lipinski definition) is 4. The normalized spacial score (nSPS) is 16.4. The predicted octanol–water partition coefficient (Wildman–Crippen LogP) is 5.24. The number of nitrogens with one attached hydrogen (secondary N) is 2. The van der Waals surface area contributed by atoms with Crippen molar-refractivity contribution in [3.8, 4) is 22.4 Å². The van der Waals surface area contributed by atoms with E-state index < -0.39 is 18.8 Å². The summed E-state index contributed by atoms with van der Waals surface area (Å²) in [6.45, 7) is 0.708. The van der Waals surface area contributed by atoms with Crippen LogP contribution in [-0.2, 0) is 0 Å². The largest absolute Gasteiger partial charge is 0.405 e. The fourth-order valence-electron chi connectivity index (χ4n) is 4.53. The molecule has 1 aliphatic rings. The van der Waals surface area contributed by atoms with Crippen molar-refractivity contribution in [3.63, 3.8) is 0 Å². The summed E-state index contributed by atoms with van der Waals surface area (Å²) in [6.07, 6.45) is 5.42. The number of piperidine rings is 1. The minimum Gasteiger partial charge on any atom is -0.329 e. The van der Waals surface area contributed by atoms with Crippen LogP contribution in [0.1, 0.15) is 18.9 Å². The Morgan fingerprint density at radius 3 is 2.76 bits per heavy atom. The molecule has 1 atom stereocenters. The van der Waals surface area contributed by atoms with Gasteiger partial charge in [-0.15, -0.1) is 12.4 Å². The number of amides is 2. The molecule has 3 aromatic heterocycles. The van der Waals surface area contributed by atoms with Crippen LogP contribution in [0.2, 0.25) is 0 Å². The highest BCUT2D eigenvalue weighted by molar-refractivity contribution is 5.90. The van der Waals surface area contributed by atoms with Crippen molar-refractivity contribution in [2.75, 3.05) is 32.0 Å². The third-order valence-electron chi connectivity index (χ3n) is 6.29. The number of nitrogens with zero attached hydrogens (tertiary/aromatic N) is 5. The number of carbonyl (C=O) groups excluding carboxylic acids is 1. The van der Waals surface area contributed by atoms with E-state index in [-0.39, 0.29) is 12.4 Å². The molecule has 5 rings (SSSR count). The van der Waals surface area contributed by atoms with Crippen LogP contribution in [0, 0.1) is 0 Å². The molecule has 0 saturated carbocycles. The number of carbonyl (C=O) groups is 1. The fraction of sp³-hybridized carbons (Fsp3) is 0.320. The molecule has 37 heavy (non-hydrogen) atoms. The third-order valence-corrected chi connectivity index (χ3v) is 6.29. The Morgan fingerprint density at radius 2 is 1.97 bits per heavy atom. The number of halogens is 4. The van der Waals surface area contributed by atoms with Crippen LogP contribution in [-0.4, -0.2) is 63.0 Å². The lowest BCUT2D eigenvalue weighted by Crippen LogP contribution is -2.36. The maximum absolute atomic E-state index is 12.3. The highest BCUT2D eigenvalue weighted by Gasteiger charge is 2.27. The third kappa shape index (κ3) is 6.23. The van der Waals surface area contributed by atoms with Crippen molar-refractivity contribution < 1.29 is 18.0 Å². The van der Waals surface area contributed by atoms with Crippen LogP contribution in [0.4, 0.5) is 23.7 Å². The molecule has 0 bridgehead atoms. The van der Waals surface area contributed by atoms with E-state index in [0.29, 0.717) is 11.7 Å². The molecule has 1 aromatic carbocycles. The van der Waals surface area contributed by atoms with Crippen LogP contribution < -0.4 is 10.6 Å². The number of hydrogen-bond donors (Lipinski definition) is 2. The number of likely N-dealkylation sites (tertiary alicyclic amines) is 1. The number of likely N-dealkylation sites (N-methyl/N-ethyl adjacent to an activating group) is 1. The van der Waals surface area contributed by atoms with Gasteiger partial charge in [-0.1, -0.05) is 12.1 Å². The first-order valence-electron chi connectivity index (χ1n) is 11.7. The number of alkyl halides is 3. The second-order valence-electron chi connectivity index (χ2n) is 9.06. The summed E-state index contributed by atoms with van der Waals surface area (Å²) in [5, 5.41) is 8.84. The highest BCUT2D eigenvalue weighted by Crippen LogP contribution is 2.28. The molecule has 1 saturated heterocycles. The number of pyridine rings is 1. The topological polar surface area (TPSA) is 79.5 Å². The summed E-state index contributed by atoms with van der Waals surface area (Å²) in [6, 6.07) is 10.3. The van der Waals surface area contributed by atoms with Gasteiger partial charge in [-0.25, -0.2) is 9.78 Å². The first kappa shape index (κ1) is 26.5. The van der Waals surface area contributed by atoms with Gasteiger partial charge in [0.05, 0.1) is 24.1 Å². The zero-order valence-electron chi connectivity index (χ0n) is 20.1. The van der Waals surface area contributed by atoms with Crippen LogP contribution >= 0.6 is 12.4 Å². The van der Waals surface area contributed by atoms with E-state index in [1.165, 1.54) is 0 Å². The van der Waals surface area contributed by atoms with Gasteiger partial charge in [-0.05, 0) is 56.3 Å². The molecule has 196 valence electrons. The molecular formula is C25H27ClF3N7O. The molecule has 0 spiro atoms. The molecule has 2 amide bonds. The van der Waals surface area contributed by atoms with E-state index in [2.05, 4.69) is 38.2 Å². The number of imidazole rings is 1. The molecule has 1 aliphatic heterocycles. The van der Waals surface area contributed by atoms with Crippen molar-refractivity contribution in [2.24, 2.45) is 0 Å². The number of anilines is 1. The molecule has 4 aromatic rings. The van der Waals surface area contributed by atoms with E-state index in [4.69, 9.17) is 0 Å². The quantitative estimate of drug-likeness (QED) is 0.368. The second kappa shape index (κ2) is 10.8. The van der Waals surface area contributed by atoms with Gasteiger partial charge in [0.15, 0.2) is 0 Å². The number of aromatic nitrogens is 4. The summed E-state index contributed by atoms with van der Waals surface area (Å²) >= 11 is 0. The Balaban J connectivity index is 0.00000320. The summed E-state index contributed by atoms with van der Waals surface area (Å²) < 4.78 is 41.0. The summed E-state index contributed by atoms with van der Waals surface area (Å²) in [5.74, 6) is 0. The number of rotatable bonds is 5. The number of urea groups is 1. The fourth-order valence-corrected chi connectivity index (χ4v) is 4.53. The van der Waals surface area contributed by atoms with Crippen LogP contribution in [0.3, 0.4) is 0 Å². The first-order valence-corrected chi connectivity index (χ1v) is 11.7. The van der Waals surface area contributed by atoms with Gasteiger partial charge in [0.2, 0.25) is 0 Å². The van der Waals surface area contributed by atoms with E-state index in [0.717, 1.165) is 54.0 Å². The predicted molar refractivity (Wildman–Crippen MR) is 138 cm³/mol. The molecule has 0 aliphatic carbocycles. The lowest BCUT2D eigenvalue weighted by atomic mass is 10.1. The summed E-state index contributed by atoms with van der Waals surface area (Å²) in [5.41, 5.74) is 4.70. The van der Waals surface area contributed by atoms with E-state index >= 15 is 0 Å². The monoisotopic (exact) mass is 533 g/mol. The summed E-state index contributed by atoms with van der Waals surface area (Å²) in [4.78, 5) is 18.7. The van der Waals surface area contributed by atoms with Crippen molar-refractivity contribution in [3.05, 3.63) is 61.2 Å². The van der Waals surface area contributed by atoms with E-state index in [1.807, 2.05) is 35.0 Å². The molecule has 4 heterocycles. The lowest BCUT2D eigenvalue weighted by molar-refractivity contribution is -0.122. The summed E-state index contributed by atoms with van der Waals surface area (Å²) in [7, 11) is 2.13. The highest BCUT2D eigenvalue weighted by atomic mass is 35.5.